The third-order valence-electron chi connectivity index (χ3n) is 2.61. The first-order valence-corrected chi connectivity index (χ1v) is 11.1. The van der Waals surface area contributed by atoms with Gasteiger partial charge in [-0.15, -0.1) is 0 Å². The van der Waals surface area contributed by atoms with Gasteiger partial charge >= 0.3 is 5.97 Å². The number of esters is 1. The number of benzene rings is 1. The van der Waals surface area contributed by atoms with Crippen molar-refractivity contribution < 1.29 is 14.3 Å². The topological polar surface area (TPSA) is 35.5 Å². The van der Waals surface area contributed by atoms with Crippen LogP contribution in [0.3, 0.4) is 0 Å². The second kappa shape index (κ2) is 7.82. The Bertz CT molecular complexity index is 398. The van der Waals surface area contributed by atoms with Gasteiger partial charge in [0.2, 0.25) is 0 Å². The summed E-state index contributed by atoms with van der Waals surface area (Å²) in [6.45, 7) is 7.55. The van der Waals surface area contributed by atoms with E-state index >= 15 is 0 Å². The van der Waals surface area contributed by atoms with Crippen molar-refractivity contribution in [1.29, 1.82) is 0 Å². The van der Waals surface area contributed by atoms with E-state index < -0.39 is 8.07 Å². The van der Waals surface area contributed by atoms with E-state index in [-0.39, 0.29) is 12.8 Å². The molecule has 106 valence electrons. The summed E-state index contributed by atoms with van der Waals surface area (Å²) in [4.78, 5) is 11.7. The van der Waals surface area contributed by atoms with Crippen LogP contribution in [0, 0.1) is 0 Å². The van der Waals surface area contributed by atoms with Gasteiger partial charge in [0, 0.05) is 20.0 Å². The van der Waals surface area contributed by atoms with E-state index in [0.717, 1.165) is 16.9 Å². The van der Waals surface area contributed by atoms with Crippen molar-refractivity contribution in [3.8, 4) is 0 Å². The summed E-state index contributed by atoms with van der Waals surface area (Å²) >= 11 is 3.36. The Balaban J connectivity index is 2.27. The monoisotopic (exact) mass is 344 g/mol. The molecule has 1 aromatic rings. The van der Waals surface area contributed by atoms with E-state index in [1.54, 1.807) is 12.1 Å². The number of rotatable bonds is 7. The van der Waals surface area contributed by atoms with Crippen molar-refractivity contribution in [2.24, 2.45) is 0 Å². The minimum atomic E-state index is -1.08. The van der Waals surface area contributed by atoms with Gasteiger partial charge in [0.05, 0.1) is 5.56 Å². The zero-order chi connectivity index (χ0) is 14.3. The van der Waals surface area contributed by atoms with Crippen LogP contribution in [0.1, 0.15) is 15.9 Å². The standard InChI is InChI=1S/C14H21BrO3Si/c1-19(2,3)9-8-17-11-18-14(16)13-6-4-12(10-15)5-7-13/h4-7H,8-11H2,1-3H3. The van der Waals surface area contributed by atoms with Crippen LogP contribution < -0.4 is 0 Å². The van der Waals surface area contributed by atoms with E-state index in [9.17, 15) is 4.79 Å². The zero-order valence-electron chi connectivity index (χ0n) is 11.7. The van der Waals surface area contributed by atoms with E-state index in [1.807, 2.05) is 12.1 Å². The quantitative estimate of drug-likeness (QED) is 0.246. The zero-order valence-corrected chi connectivity index (χ0v) is 14.3. The molecule has 0 spiro atoms. The van der Waals surface area contributed by atoms with Crippen LogP contribution in [0.15, 0.2) is 24.3 Å². The largest absolute Gasteiger partial charge is 0.435 e. The van der Waals surface area contributed by atoms with Gasteiger partial charge in [-0.3, -0.25) is 0 Å². The van der Waals surface area contributed by atoms with Crippen LogP contribution in [-0.4, -0.2) is 27.4 Å². The molecule has 1 rings (SSSR count). The lowest BCUT2D eigenvalue weighted by Crippen LogP contribution is -2.22. The summed E-state index contributed by atoms with van der Waals surface area (Å²) in [5.74, 6) is -0.339. The van der Waals surface area contributed by atoms with Gasteiger partial charge in [0.25, 0.3) is 0 Å². The summed E-state index contributed by atoms with van der Waals surface area (Å²) in [5.41, 5.74) is 1.68. The highest BCUT2D eigenvalue weighted by molar-refractivity contribution is 9.08. The molecule has 0 saturated heterocycles. The highest BCUT2D eigenvalue weighted by Crippen LogP contribution is 2.10. The number of hydrogen-bond donors (Lipinski definition) is 0. The average Bonchev–Trinajstić information content (AvgIpc) is 2.37. The Morgan fingerprint density at radius 3 is 2.37 bits per heavy atom. The molecule has 0 aliphatic carbocycles. The molecule has 19 heavy (non-hydrogen) atoms. The molecule has 0 N–H and O–H groups in total. The fourth-order valence-electron chi connectivity index (χ4n) is 1.35. The molecule has 0 fully saturated rings. The van der Waals surface area contributed by atoms with Gasteiger partial charge in [-0.2, -0.15) is 0 Å². The van der Waals surface area contributed by atoms with Gasteiger partial charge in [-0.25, -0.2) is 4.79 Å². The normalized spacial score (nSPS) is 11.4. The van der Waals surface area contributed by atoms with Gasteiger partial charge in [0.15, 0.2) is 6.79 Å². The number of hydrogen-bond acceptors (Lipinski definition) is 3. The maximum Gasteiger partial charge on any atom is 0.340 e. The second-order valence-electron chi connectivity index (χ2n) is 5.60. The van der Waals surface area contributed by atoms with Crippen LogP contribution >= 0.6 is 15.9 Å². The van der Waals surface area contributed by atoms with Gasteiger partial charge in [-0.05, 0) is 23.7 Å². The first-order valence-electron chi connectivity index (χ1n) is 6.32. The smallest absolute Gasteiger partial charge is 0.340 e. The molecule has 0 aliphatic heterocycles. The van der Waals surface area contributed by atoms with Crippen LogP contribution in [-0.2, 0) is 14.8 Å². The number of ether oxygens (including phenoxy) is 2. The number of carbonyl (C=O) groups excluding carboxylic acids is 1. The maximum absolute atomic E-state index is 11.7. The summed E-state index contributed by atoms with van der Waals surface area (Å²) in [5, 5.41) is 0.780. The Kier molecular flexibility index (Phi) is 6.75. The van der Waals surface area contributed by atoms with Gasteiger partial charge in [-0.1, -0.05) is 47.7 Å². The maximum atomic E-state index is 11.7. The van der Waals surface area contributed by atoms with Crippen LogP contribution in [0.4, 0.5) is 0 Å². The van der Waals surface area contributed by atoms with Crippen molar-refractivity contribution in [2.45, 2.75) is 31.0 Å². The molecule has 0 radical (unpaired) electrons. The van der Waals surface area contributed by atoms with E-state index in [2.05, 4.69) is 35.6 Å². The summed E-state index contributed by atoms with van der Waals surface area (Å²) < 4.78 is 10.4. The van der Waals surface area contributed by atoms with E-state index in [1.165, 1.54) is 0 Å². The lowest BCUT2D eigenvalue weighted by Gasteiger charge is -2.15. The highest BCUT2D eigenvalue weighted by Gasteiger charge is 2.12. The molecule has 0 atom stereocenters. The Morgan fingerprint density at radius 2 is 1.84 bits per heavy atom. The summed E-state index contributed by atoms with van der Waals surface area (Å²) in [7, 11) is -1.08. The van der Waals surface area contributed by atoms with Gasteiger partial charge < -0.3 is 9.47 Å². The van der Waals surface area contributed by atoms with Crippen molar-refractivity contribution >= 4 is 30.0 Å². The van der Waals surface area contributed by atoms with E-state index in [0.29, 0.717) is 12.2 Å². The average molecular weight is 345 g/mol. The molecular formula is C14H21BrO3Si. The molecule has 0 unspecified atom stereocenters. The minimum absolute atomic E-state index is 0.0313. The third kappa shape index (κ3) is 6.89. The Hall–Kier alpha value is -0.653. The molecule has 0 aliphatic rings. The summed E-state index contributed by atoms with van der Waals surface area (Å²) in [6.07, 6.45) is 0. The van der Waals surface area contributed by atoms with Crippen molar-refractivity contribution in [3.63, 3.8) is 0 Å². The highest BCUT2D eigenvalue weighted by atomic mass is 79.9. The van der Waals surface area contributed by atoms with Crippen LogP contribution in [0.25, 0.3) is 0 Å². The van der Waals surface area contributed by atoms with Crippen molar-refractivity contribution in [2.75, 3.05) is 13.4 Å². The SMILES string of the molecule is C[Si](C)(C)CCOCOC(=O)c1ccc(CBr)cc1. The van der Waals surface area contributed by atoms with Crippen molar-refractivity contribution in [3.05, 3.63) is 35.4 Å². The first-order chi connectivity index (χ1) is 8.92. The molecule has 0 bridgehead atoms. The molecule has 0 amide bonds. The molecule has 5 heteroatoms. The number of carbonyl (C=O) groups is 1. The third-order valence-corrected chi connectivity index (χ3v) is 4.97. The molecule has 3 nitrogen and oxygen atoms in total. The van der Waals surface area contributed by atoms with Crippen LogP contribution in [0.2, 0.25) is 25.7 Å². The fourth-order valence-corrected chi connectivity index (χ4v) is 2.48. The fraction of sp³-hybridized carbons (Fsp3) is 0.500. The number of halogens is 1. The predicted molar refractivity (Wildman–Crippen MR) is 83.5 cm³/mol. The first kappa shape index (κ1) is 16.4. The predicted octanol–water partition coefficient (Wildman–Crippen LogP) is 4.05. The van der Waals surface area contributed by atoms with Crippen LogP contribution in [0.5, 0.6) is 0 Å². The second-order valence-corrected chi connectivity index (χ2v) is 11.8. The minimum Gasteiger partial charge on any atom is -0.435 e. The molecular weight excluding hydrogens is 324 g/mol. The molecule has 1 aromatic carbocycles. The molecule has 0 heterocycles. The molecule has 0 saturated carbocycles. The lowest BCUT2D eigenvalue weighted by molar-refractivity contribution is -0.0276. The number of alkyl halides is 1. The van der Waals surface area contributed by atoms with Gasteiger partial charge in [0.1, 0.15) is 0 Å². The lowest BCUT2D eigenvalue weighted by atomic mass is 10.1. The molecule has 0 aromatic heterocycles. The van der Waals surface area contributed by atoms with Crippen molar-refractivity contribution in [1.82, 2.24) is 0 Å². The summed E-state index contributed by atoms with van der Waals surface area (Å²) in [6, 6.07) is 8.40. The van der Waals surface area contributed by atoms with E-state index in [4.69, 9.17) is 9.47 Å². The Labute approximate surface area is 124 Å². The Morgan fingerprint density at radius 1 is 1.21 bits per heavy atom.